The van der Waals surface area contributed by atoms with Gasteiger partial charge in [-0.2, -0.15) is 0 Å². The molecule has 3 amide bonds. The Morgan fingerprint density at radius 1 is 1.12 bits per heavy atom. The van der Waals surface area contributed by atoms with E-state index in [0.717, 1.165) is 6.42 Å². The number of nitrogens with zero attached hydrogens (tertiary/aromatic N) is 1. The van der Waals surface area contributed by atoms with Crippen LogP contribution in [0.25, 0.3) is 0 Å². The fraction of sp³-hybridized carbons (Fsp3) is 0.346. The van der Waals surface area contributed by atoms with E-state index in [0.29, 0.717) is 34.6 Å². The van der Waals surface area contributed by atoms with E-state index in [2.05, 4.69) is 10.6 Å². The van der Waals surface area contributed by atoms with E-state index in [1.54, 1.807) is 36.1 Å². The first kappa shape index (κ1) is 25.0. The first-order valence-electron chi connectivity index (χ1n) is 11.3. The summed E-state index contributed by atoms with van der Waals surface area (Å²) in [4.78, 5) is 39.7. The Balaban J connectivity index is 1.85. The summed E-state index contributed by atoms with van der Waals surface area (Å²) in [6.45, 7) is 8.39. The van der Waals surface area contributed by atoms with E-state index in [4.69, 9.17) is 4.74 Å². The molecule has 3 rings (SSSR count). The van der Waals surface area contributed by atoms with Crippen molar-refractivity contribution in [3.05, 3.63) is 76.7 Å². The fourth-order valence-corrected chi connectivity index (χ4v) is 3.67. The number of benzene rings is 2. The summed E-state index contributed by atoms with van der Waals surface area (Å²) >= 11 is 0. The van der Waals surface area contributed by atoms with Crippen molar-refractivity contribution in [1.82, 2.24) is 10.2 Å². The highest BCUT2D eigenvalue weighted by Gasteiger charge is 2.36. The number of rotatable bonds is 8. The molecule has 8 heteroatoms. The molecular formula is C26H30FN3O4. The van der Waals surface area contributed by atoms with Crippen LogP contribution in [0.3, 0.4) is 0 Å². The van der Waals surface area contributed by atoms with Crippen LogP contribution in [0.1, 0.15) is 56.1 Å². The number of hydrogen-bond donors (Lipinski definition) is 2. The number of hydrogen-bond acceptors (Lipinski definition) is 4. The van der Waals surface area contributed by atoms with Crippen molar-refractivity contribution in [3.8, 4) is 0 Å². The average Bonchev–Trinajstić information content (AvgIpc) is 2.80. The van der Waals surface area contributed by atoms with Gasteiger partial charge in [-0.1, -0.05) is 32.9 Å². The first-order chi connectivity index (χ1) is 16.2. The topological polar surface area (TPSA) is 87.7 Å². The van der Waals surface area contributed by atoms with Crippen LogP contribution in [0.15, 0.2) is 59.8 Å². The smallest absolute Gasteiger partial charge is 0.338 e. The van der Waals surface area contributed by atoms with Gasteiger partial charge in [-0.25, -0.2) is 14.0 Å². The second-order valence-corrected chi connectivity index (χ2v) is 8.61. The zero-order valence-corrected chi connectivity index (χ0v) is 19.9. The third-order valence-electron chi connectivity index (χ3n) is 5.42. The lowest BCUT2D eigenvalue weighted by atomic mass is 9.94. The molecule has 0 bridgehead atoms. The average molecular weight is 468 g/mol. The summed E-state index contributed by atoms with van der Waals surface area (Å²) in [5.74, 6) is -1.08. The predicted molar refractivity (Wildman–Crippen MR) is 128 cm³/mol. The van der Waals surface area contributed by atoms with Crippen LogP contribution < -0.4 is 10.6 Å². The van der Waals surface area contributed by atoms with Gasteiger partial charge in [0.05, 0.1) is 18.2 Å². The Labute approximate surface area is 199 Å². The van der Waals surface area contributed by atoms with Crippen LogP contribution in [-0.2, 0) is 9.53 Å². The zero-order chi connectivity index (χ0) is 24.8. The molecule has 34 heavy (non-hydrogen) atoms. The number of carbonyl (C=O) groups is 3. The van der Waals surface area contributed by atoms with Crippen LogP contribution in [-0.4, -0.2) is 36.0 Å². The molecule has 2 aromatic rings. The van der Waals surface area contributed by atoms with Gasteiger partial charge in [0.15, 0.2) is 0 Å². The van der Waals surface area contributed by atoms with E-state index in [1.807, 2.05) is 20.8 Å². The molecule has 1 unspecified atom stereocenters. The minimum absolute atomic E-state index is 0.178. The number of ether oxygens (including phenoxy) is 1. The summed E-state index contributed by atoms with van der Waals surface area (Å²) in [7, 11) is 0. The lowest BCUT2D eigenvalue weighted by Gasteiger charge is -2.35. The Kier molecular flexibility index (Phi) is 8.04. The second kappa shape index (κ2) is 11.0. The molecule has 2 N–H and O–H groups in total. The summed E-state index contributed by atoms with van der Waals surface area (Å²) < 4.78 is 18.6. The molecule has 0 radical (unpaired) electrons. The van der Waals surface area contributed by atoms with Gasteiger partial charge in [-0.15, -0.1) is 0 Å². The highest BCUT2D eigenvalue weighted by atomic mass is 19.1. The number of urea groups is 1. The van der Waals surface area contributed by atoms with Gasteiger partial charge in [0.25, 0.3) is 5.91 Å². The summed E-state index contributed by atoms with van der Waals surface area (Å²) in [6, 6.07) is 11.2. The third kappa shape index (κ3) is 5.81. The van der Waals surface area contributed by atoms with E-state index >= 15 is 0 Å². The molecular weight excluding hydrogens is 437 g/mol. The molecule has 2 aromatic carbocycles. The van der Waals surface area contributed by atoms with Gasteiger partial charge in [0, 0.05) is 23.5 Å². The van der Waals surface area contributed by atoms with Gasteiger partial charge < -0.3 is 15.4 Å². The maximum atomic E-state index is 13.1. The Hall–Kier alpha value is -3.68. The highest BCUT2D eigenvalue weighted by Crippen LogP contribution is 2.32. The number of esters is 1. The standard InChI is InChI=1S/C26H30FN3O4/c1-5-14-30-17(4)22(25(32)34-15-16(2)3)23(29-26(30)33)18-8-12-21(13-9-18)28-24(31)19-6-10-20(27)11-7-19/h6-13,16,23H,5,14-15H2,1-4H3,(H,28,31)(H,29,33). The molecule has 0 aromatic heterocycles. The molecule has 1 heterocycles. The van der Waals surface area contributed by atoms with Crippen LogP contribution in [0.5, 0.6) is 0 Å². The van der Waals surface area contributed by atoms with Gasteiger partial charge >= 0.3 is 12.0 Å². The van der Waals surface area contributed by atoms with E-state index in [1.165, 1.54) is 24.3 Å². The highest BCUT2D eigenvalue weighted by molar-refractivity contribution is 6.04. The molecule has 7 nitrogen and oxygen atoms in total. The molecule has 0 spiro atoms. The number of amides is 3. The van der Waals surface area contributed by atoms with Crippen LogP contribution in [0, 0.1) is 11.7 Å². The Morgan fingerprint density at radius 3 is 2.35 bits per heavy atom. The fourth-order valence-electron chi connectivity index (χ4n) is 3.67. The van der Waals surface area contributed by atoms with E-state index in [9.17, 15) is 18.8 Å². The maximum absolute atomic E-state index is 13.1. The summed E-state index contributed by atoms with van der Waals surface area (Å²) in [6.07, 6.45) is 0.742. The quantitative estimate of drug-likeness (QED) is 0.533. The number of halogens is 1. The van der Waals surface area contributed by atoms with Crippen molar-refractivity contribution in [1.29, 1.82) is 0 Å². The third-order valence-corrected chi connectivity index (χ3v) is 5.42. The van der Waals surface area contributed by atoms with Gasteiger partial charge in [0.2, 0.25) is 0 Å². The second-order valence-electron chi connectivity index (χ2n) is 8.61. The molecule has 0 saturated heterocycles. The van der Waals surface area contributed by atoms with Crippen molar-refractivity contribution in [2.45, 2.75) is 40.2 Å². The SMILES string of the molecule is CCCN1C(=O)NC(c2ccc(NC(=O)c3ccc(F)cc3)cc2)C(C(=O)OCC(C)C)=C1C. The number of allylic oxidation sites excluding steroid dienone is 1. The van der Waals surface area contributed by atoms with E-state index in [-0.39, 0.29) is 24.5 Å². The number of carbonyl (C=O) groups excluding carboxylic acids is 3. The van der Waals surface area contributed by atoms with E-state index < -0.39 is 17.8 Å². The molecule has 1 aliphatic rings. The monoisotopic (exact) mass is 467 g/mol. The number of nitrogens with one attached hydrogen (secondary N) is 2. The van der Waals surface area contributed by atoms with Crippen molar-refractivity contribution in [2.75, 3.05) is 18.5 Å². The van der Waals surface area contributed by atoms with Crippen molar-refractivity contribution in [2.24, 2.45) is 5.92 Å². The van der Waals surface area contributed by atoms with Crippen molar-refractivity contribution in [3.63, 3.8) is 0 Å². The zero-order valence-electron chi connectivity index (χ0n) is 19.9. The molecule has 0 aliphatic carbocycles. The van der Waals surface area contributed by atoms with Gasteiger partial charge in [-0.3, -0.25) is 9.69 Å². The molecule has 1 atom stereocenters. The van der Waals surface area contributed by atoms with Gasteiger partial charge in [0.1, 0.15) is 5.82 Å². The minimum Gasteiger partial charge on any atom is -0.462 e. The molecule has 0 fully saturated rings. The predicted octanol–water partition coefficient (Wildman–Crippen LogP) is 5.03. The lowest BCUT2D eigenvalue weighted by Crippen LogP contribution is -2.48. The van der Waals surface area contributed by atoms with Crippen LogP contribution in [0.4, 0.5) is 14.9 Å². The molecule has 180 valence electrons. The minimum atomic E-state index is -0.679. The van der Waals surface area contributed by atoms with Crippen LogP contribution >= 0.6 is 0 Å². The van der Waals surface area contributed by atoms with Crippen molar-refractivity contribution >= 4 is 23.6 Å². The summed E-state index contributed by atoms with van der Waals surface area (Å²) in [5.41, 5.74) is 2.49. The largest absolute Gasteiger partial charge is 0.462 e. The molecule has 1 aliphatic heterocycles. The lowest BCUT2D eigenvalue weighted by molar-refractivity contribution is -0.140. The van der Waals surface area contributed by atoms with Crippen molar-refractivity contribution < 1.29 is 23.5 Å². The van der Waals surface area contributed by atoms with Crippen LogP contribution in [0.2, 0.25) is 0 Å². The maximum Gasteiger partial charge on any atom is 0.338 e. The first-order valence-corrected chi connectivity index (χ1v) is 11.3. The number of anilines is 1. The Morgan fingerprint density at radius 2 is 1.76 bits per heavy atom. The van der Waals surface area contributed by atoms with Gasteiger partial charge in [-0.05, 0) is 61.2 Å². The Bertz CT molecular complexity index is 1080. The normalized spacial score (nSPS) is 15.9. The molecule has 0 saturated carbocycles. The summed E-state index contributed by atoms with van der Waals surface area (Å²) in [5, 5.41) is 5.67.